The van der Waals surface area contributed by atoms with E-state index in [-0.39, 0.29) is 0 Å². The summed E-state index contributed by atoms with van der Waals surface area (Å²) in [6.07, 6.45) is 3.59. The highest BCUT2D eigenvalue weighted by Gasteiger charge is 2.09. The molecule has 0 fully saturated rings. The number of aryl methyl sites for hydroxylation is 2. The predicted octanol–water partition coefficient (Wildman–Crippen LogP) is 3.29. The second kappa shape index (κ2) is 5.52. The lowest BCUT2D eigenvalue weighted by Crippen LogP contribution is -2.03. The first kappa shape index (κ1) is 13.1. The number of pyridine rings is 1. The van der Waals surface area contributed by atoms with Gasteiger partial charge in [0, 0.05) is 35.0 Å². The summed E-state index contributed by atoms with van der Waals surface area (Å²) in [5.41, 5.74) is 4.58. The van der Waals surface area contributed by atoms with Gasteiger partial charge in [0.05, 0.1) is 17.6 Å². The van der Waals surface area contributed by atoms with Gasteiger partial charge in [-0.15, -0.1) is 0 Å². The molecule has 0 aromatic carbocycles. The van der Waals surface area contributed by atoms with Crippen molar-refractivity contribution in [1.29, 1.82) is 0 Å². The molecule has 0 radical (unpaired) electrons. The van der Waals surface area contributed by atoms with Crippen molar-refractivity contribution in [3.8, 4) is 0 Å². The summed E-state index contributed by atoms with van der Waals surface area (Å²) in [7, 11) is 0. The number of nitrogens with one attached hydrogen (secondary N) is 1. The quantitative estimate of drug-likeness (QED) is 0.942. The average molecular weight is 309 g/mol. The molecule has 0 saturated heterocycles. The highest BCUT2D eigenvalue weighted by Crippen LogP contribution is 2.17. The van der Waals surface area contributed by atoms with E-state index in [4.69, 9.17) is 0 Å². The van der Waals surface area contributed by atoms with Crippen molar-refractivity contribution in [1.82, 2.24) is 14.8 Å². The van der Waals surface area contributed by atoms with Crippen LogP contribution in [0, 0.1) is 13.8 Å². The number of aromatic nitrogens is 3. The lowest BCUT2D eigenvalue weighted by atomic mass is 10.2. The smallest absolute Gasteiger partial charge is 0.0646 e. The summed E-state index contributed by atoms with van der Waals surface area (Å²) in [4.78, 5) is 4.13. The van der Waals surface area contributed by atoms with Crippen LogP contribution in [0.3, 0.4) is 0 Å². The van der Waals surface area contributed by atoms with Crippen molar-refractivity contribution in [2.75, 3.05) is 5.32 Å². The van der Waals surface area contributed by atoms with Crippen LogP contribution in [0.5, 0.6) is 0 Å². The second-order valence-electron chi connectivity index (χ2n) is 4.21. The Bertz CT molecular complexity index is 548. The second-order valence-corrected chi connectivity index (χ2v) is 5.13. The first-order chi connectivity index (χ1) is 8.61. The third-order valence-electron chi connectivity index (χ3n) is 3.01. The fourth-order valence-corrected chi connectivity index (χ4v) is 2.36. The van der Waals surface area contributed by atoms with Crippen LogP contribution in [-0.2, 0) is 13.1 Å². The lowest BCUT2D eigenvalue weighted by Gasteiger charge is -2.07. The predicted molar refractivity (Wildman–Crippen MR) is 76.6 cm³/mol. The number of nitrogens with zero attached hydrogens (tertiary/aromatic N) is 3. The molecular weight excluding hydrogens is 292 g/mol. The molecule has 0 aliphatic heterocycles. The van der Waals surface area contributed by atoms with Gasteiger partial charge in [0.25, 0.3) is 0 Å². The average Bonchev–Trinajstić information content (AvgIpc) is 2.62. The molecule has 0 saturated carbocycles. The fraction of sp³-hybridized carbons (Fsp3) is 0.385. The zero-order chi connectivity index (χ0) is 13.1. The topological polar surface area (TPSA) is 42.7 Å². The minimum Gasteiger partial charge on any atom is -0.380 e. The van der Waals surface area contributed by atoms with E-state index in [9.17, 15) is 0 Å². The van der Waals surface area contributed by atoms with Crippen molar-refractivity contribution in [3.63, 3.8) is 0 Å². The summed E-state index contributed by atoms with van der Waals surface area (Å²) in [6, 6.07) is 2.02. The van der Waals surface area contributed by atoms with Crippen molar-refractivity contribution in [2.45, 2.75) is 33.9 Å². The van der Waals surface area contributed by atoms with Crippen LogP contribution in [0.25, 0.3) is 0 Å². The van der Waals surface area contributed by atoms with Crippen LogP contribution in [0.15, 0.2) is 22.9 Å². The van der Waals surface area contributed by atoms with Gasteiger partial charge in [-0.05, 0) is 42.8 Å². The number of halogens is 1. The van der Waals surface area contributed by atoms with Crippen LogP contribution >= 0.6 is 15.9 Å². The number of anilines is 1. The Morgan fingerprint density at radius 3 is 2.72 bits per heavy atom. The number of hydrogen-bond acceptors (Lipinski definition) is 3. The summed E-state index contributed by atoms with van der Waals surface area (Å²) in [6.45, 7) is 7.95. The zero-order valence-electron chi connectivity index (χ0n) is 10.9. The maximum atomic E-state index is 4.51. The summed E-state index contributed by atoms with van der Waals surface area (Å²) in [5, 5.41) is 7.89. The van der Waals surface area contributed by atoms with E-state index >= 15 is 0 Å². The van der Waals surface area contributed by atoms with Crippen molar-refractivity contribution >= 4 is 21.6 Å². The molecule has 1 N–H and O–H groups in total. The Kier molecular flexibility index (Phi) is 4.01. The largest absolute Gasteiger partial charge is 0.380 e. The zero-order valence-corrected chi connectivity index (χ0v) is 12.5. The molecule has 0 bridgehead atoms. The van der Waals surface area contributed by atoms with Crippen LogP contribution in [0.1, 0.15) is 23.9 Å². The minimum atomic E-state index is 0.774. The first-order valence-corrected chi connectivity index (χ1v) is 6.78. The highest BCUT2D eigenvalue weighted by molar-refractivity contribution is 9.10. The Hall–Kier alpha value is -1.36. The lowest BCUT2D eigenvalue weighted by molar-refractivity contribution is 0.633. The minimum absolute atomic E-state index is 0.774. The normalized spacial score (nSPS) is 10.7. The van der Waals surface area contributed by atoms with Gasteiger partial charge in [-0.1, -0.05) is 0 Å². The maximum Gasteiger partial charge on any atom is 0.0646 e. The molecule has 0 amide bonds. The Morgan fingerprint density at radius 1 is 1.33 bits per heavy atom. The molecule has 0 spiro atoms. The molecule has 18 heavy (non-hydrogen) atoms. The monoisotopic (exact) mass is 308 g/mol. The van der Waals surface area contributed by atoms with Crippen molar-refractivity contribution < 1.29 is 0 Å². The van der Waals surface area contributed by atoms with Gasteiger partial charge < -0.3 is 5.32 Å². The Labute approximate surface area is 116 Å². The van der Waals surface area contributed by atoms with Gasteiger partial charge in [0.2, 0.25) is 0 Å². The van der Waals surface area contributed by atoms with Gasteiger partial charge in [0.1, 0.15) is 0 Å². The molecule has 0 aliphatic rings. The van der Waals surface area contributed by atoms with Crippen molar-refractivity contribution in [3.05, 3.63) is 39.9 Å². The number of hydrogen-bond donors (Lipinski definition) is 1. The number of rotatable bonds is 4. The van der Waals surface area contributed by atoms with E-state index in [1.807, 2.05) is 16.9 Å². The van der Waals surface area contributed by atoms with Gasteiger partial charge in [-0.2, -0.15) is 5.10 Å². The van der Waals surface area contributed by atoms with Gasteiger partial charge >= 0.3 is 0 Å². The standard InChI is InChI=1S/C13H17BrN4/c1-4-18-10(3)13(9(2)17-18)8-16-12-5-11(14)6-15-7-12/h5-7,16H,4,8H2,1-3H3. The molecule has 4 nitrogen and oxygen atoms in total. The van der Waals surface area contributed by atoms with E-state index in [0.717, 1.165) is 28.9 Å². The molecule has 2 heterocycles. The first-order valence-electron chi connectivity index (χ1n) is 5.99. The molecule has 0 aliphatic carbocycles. The molecular formula is C13H17BrN4. The third-order valence-corrected chi connectivity index (χ3v) is 3.44. The van der Waals surface area contributed by atoms with E-state index < -0.39 is 0 Å². The van der Waals surface area contributed by atoms with Gasteiger partial charge in [-0.25, -0.2) is 0 Å². The molecule has 0 unspecified atom stereocenters. The highest BCUT2D eigenvalue weighted by atomic mass is 79.9. The molecule has 2 rings (SSSR count). The van der Waals surface area contributed by atoms with Gasteiger partial charge in [0.15, 0.2) is 0 Å². The SMILES string of the molecule is CCn1nc(C)c(CNc2cncc(Br)c2)c1C. The Morgan fingerprint density at radius 2 is 2.11 bits per heavy atom. The van der Waals surface area contributed by atoms with Crippen LogP contribution < -0.4 is 5.32 Å². The van der Waals surface area contributed by atoms with E-state index in [1.54, 1.807) is 6.20 Å². The Balaban J connectivity index is 2.13. The summed E-state index contributed by atoms with van der Waals surface area (Å²) >= 11 is 3.41. The van der Waals surface area contributed by atoms with E-state index in [2.05, 4.69) is 52.1 Å². The summed E-state index contributed by atoms with van der Waals surface area (Å²) in [5.74, 6) is 0. The molecule has 5 heteroatoms. The molecule has 2 aromatic rings. The van der Waals surface area contributed by atoms with Gasteiger partial charge in [-0.3, -0.25) is 9.67 Å². The van der Waals surface area contributed by atoms with Crippen LogP contribution in [0.4, 0.5) is 5.69 Å². The molecule has 2 aromatic heterocycles. The summed E-state index contributed by atoms with van der Waals surface area (Å²) < 4.78 is 3.01. The van der Waals surface area contributed by atoms with E-state index in [0.29, 0.717) is 0 Å². The molecule has 96 valence electrons. The van der Waals surface area contributed by atoms with Crippen LogP contribution in [-0.4, -0.2) is 14.8 Å². The third kappa shape index (κ3) is 2.72. The maximum absolute atomic E-state index is 4.51. The van der Waals surface area contributed by atoms with Crippen molar-refractivity contribution in [2.24, 2.45) is 0 Å². The van der Waals surface area contributed by atoms with E-state index in [1.165, 1.54) is 11.3 Å². The van der Waals surface area contributed by atoms with Crippen LogP contribution in [0.2, 0.25) is 0 Å². The molecule has 0 atom stereocenters. The fourth-order valence-electron chi connectivity index (χ4n) is 2.00.